The van der Waals surface area contributed by atoms with Gasteiger partial charge in [0.05, 0.1) is 11.8 Å². The number of fused-ring (bicyclic) bond motifs is 2. The van der Waals surface area contributed by atoms with Gasteiger partial charge in [-0.05, 0) is 75.3 Å². The van der Waals surface area contributed by atoms with Gasteiger partial charge in [-0.1, -0.05) is 0 Å². The highest BCUT2D eigenvalue weighted by Crippen LogP contribution is 2.35. The van der Waals surface area contributed by atoms with E-state index in [1.54, 1.807) is 16.9 Å². The summed E-state index contributed by atoms with van der Waals surface area (Å²) in [5, 5.41) is 7.50. The van der Waals surface area contributed by atoms with Crippen LogP contribution in [0.3, 0.4) is 0 Å². The van der Waals surface area contributed by atoms with E-state index >= 15 is 0 Å². The quantitative estimate of drug-likeness (QED) is 0.631. The molecule has 2 aromatic heterocycles. The van der Waals surface area contributed by atoms with Gasteiger partial charge in [0.2, 0.25) is 0 Å². The first-order valence-electron chi connectivity index (χ1n) is 12.2. The highest BCUT2D eigenvalue weighted by Gasteiger charge is 2.32. The number of amides is 3. The van der Waals surface area contributed by atoms with Crippen molar-refractivity contribution in [2.75, 3.05) is 18.0 Å². The van der Waals surface area contributed by atoms with Crippen LogP contribution in [-0.4, -0.2) is 51.6 Å². The molecular formula is C26H29N5O3. The minimum absolute atomic E-state index is 0.00881. The van der Waals surface area contributed by atoms with Gasteiger partial charge in [-0.15, -0.1) is 0 Å². The topological polar surface area (TPSA) is 79.2 Å². The van der Waals surface area contributed by atoms with E-state index in [4.69, 9.17) is 4.74 Å². The van der Waals surface area contributed by atoms with Gasteiger partial charge >= 0.3 is 6.03 Å². The molecule has 1 atom stereocenters. The van der Waals surface area contributed by atoms with Crippen LogP contribution in [0.15, 0.2) is 36.7 Å². The molecule has 1 N–H and O–H groups in total. The van der Waals surface area contributed by atoms with E-state index in [1.807, 2.05) is 41.0 Å². The zero-order valence-corrected chi connectivity index (χ0v) is 19.6. The number of nitrogens with zero attached hydrogens (tertiary/aromatic N) is 4. The zero-order chi connectivity index (χ0) is 23.4. The maximum atomic E-state index is 13.0. The lowest BCUT2D eigenvalue weighted by molar-refractivity contribution is 0.0501. The van der Waals surface area contributed by atoms with Gasteiger partial charge < -0.3 is 15.0 Å². The number of likely N-dealkylation sites (tertiary alicyclic amines) is 1. The van der Waals surface area contributed by atoms with Crippen molar-refractivity contribution in [1.82, 2.24) is 19.8 Å². The first-order valence-corrected chi connectivity index (χ1v) is 12.2. The smallest absolute Gasteiger partial charge is 0.322 e. The highest BCUT2D eigenvalue weighted by atomic mass is 16.5. The van der Waals surface area contributed by atoms with Crippen molar-refractivity contribution in [3.63, 3.8) is 0 Å². The number of urea groups is 1. The molecule has 1 unspecified atom stereocenters. The van der Waals surface area contributed by atoms with Crippen LogP contribution in [0.5, 0.6) is 11.5 Å². The molecule has 0 bridgehead atoms. The van der Waals surface area contributed by atoms with Gasteiger partial charge in [-0.2, -0.15) is 5.10 Å². The Labute approximate surface area is 198 Å². The lowest BCUT2D eigenvalue weighted by Crippen LogP contribution is -2.49. The summed E-state index contributed by atoms with van der Waals surface area (Å²) in [6.45, 7) is 5.55. The number of hydrogen-bond acceptors (Lipinski definition) is 4. The predicted molar refractivity (Wildman–Crippen MR) is 129 cm³/mol. The van der Waals surface area contributed by atoms with Gasteiger partial charge in [0.25, 0.3) is 5.91 Å². The normalized spacial score (nSPS) is 19.5. The molecule has 6 rings (SSSR count). The largest absolute Gasteiger partial charge is 0.455 e. The molecule has 0 spiro atoms. The van der Waals surface area contributed by atoms with Gasteiger partial charge in [-0.25, -0.2) is 9.31 Å². The van der Waals surface area contributed by atoms with Crippen LogP contribution in [0.4, 0.5) is 10.5 Å². The van der Waals surface area contributed by atoms with Crippen molar-refractivity contribution in [2.45, 2.75) is 58.0 Å². The SMILES string of the molecule is Cc1c(C(=O)N2CCC2C)cn2nccc(Oc3ccc4c(c3)CCCN4C(=O)NC3CC3)c12. The molecule has 1 aromatic carbocycles. The summed E-state index contributed by atoms with van der Waals surface area (Å²) in [4.78, 5) is 29.4. The Bertz CT molecular complexity index is 1300. The lowest BCUT2D eigenvalue weighted by atomic mass is 10.0. The zero-order valence-electron chi connectivity index (χ0n) is 19.6. The number of aromatic nitrogens is 2. The lowest BCUT2D eigenvalue weighted by Gasteiger charge is -2.38. The molecule has 2 fully saturated rings. The second-order valence-electron chi connectivity index (χ2n) is 9.66. The van der Waals surface area contributed by atoms with Crippen LogP contribution >= 0.6 is 0 Å². The molecule has 34 heavy (non-hydrogen) atoms. The third-order valence-electron chi connectivity index (χ3n) is 7.25. The van der Waals surface area contributed by atoms with Crippen LogP contribution in [0.25, 0.3) is 5.52 Å². The Hall–Kier alpha value is -3.55. The van der Waals surface area contributed by atoms with Crippen LogP contribution in [0.1, 0.15) is 54.1 Å². The summed E-state index contributed by atoms with van der Waals surface area (Å²) >= 11 is 0. The van der Waals surface area contributed by atoms with Crippen molar-refractivity contribution in [1.29, 1.82) is 0 Å². The first-order chi connectivity index (χ1) is 16.5. The highest BCUT2D eigenvalue weighted by molar-refractivity contribution is 5.99. The van der Waals surface area contributed by atoms with Crippen LogP contribution in [-0.2, 0) is 6.42 Å². The van der Waals surface area contributed by atoms with Crippen LogP contribution in [0, 0.1) is 6.92 Å². The summed E-state index contributed by atoms with van der Waals surface area (Å²) in [5.74, 6) is 1.41. The third kappa shape index (κ3) is 3.57. The fourth-order valence-corrected chi connectivity index (χ4v) is 4.95. The van der Waals surface area contributed by atoms with Crippen molar-refractivity contribution in [2.24, 2.45) is 0 Å². The molecule has 3 aromatic rings. The van der Waals surface area contributed by atoms with E-state index in [1.165, 1.54) is 0 Å². The number of nitrogens with one attached hydrogen (secondary N) is 1. The maximum Gasteiger partial charge on any atom is 0.322 e. The number of anilines is 1. The van der Waals surface area contributed by atoms with E-state index in [2.05, 4.69) is 17.3 Å². The summed E-state index contributed by atoms with van der Waals surface area (Å²) in [7, 11) is 0. The second kappa shape index (κ2) is 8.04. The van der Waals surface area contributed by atoms with E-state index in [0.29, 0.717) is 23.1 Å². The first kappa shape index (κ1) is 21.0. The van der Waals surface area contributed by atoms with E-state index in [9.17, 15) is 9.59 Å². The molecule has 3 amide bonds. The standard InChI is InChI=1S/C26H29N5O3/c1-16-10-13-29(16)25(32)21-15-31-24(17(21)2)23(9-11-27-31)34-20-7-8-22-18(14-20)4-3-12-30(22)26(33)28-19-5-6-19/h7-9,11,14-16,19H,3-6,10,12-13H2,1-2H3,(H,28,33). The molecule has 1 aliphatic carbocycles. The molecular weight excluding hydrogens is 430 g/mol. The molecule has 2 aliphatic heterocycles. The van der Waals surface area contributed by atoms with E-state index < -0.39 is 0 Å². The maximum absolute atomic E-state index is 13.0. The van der Waals surface area contributed by atoms with Crippen molar-refractivity contribution in [3.8, 4) is 11.5 Å². The molecule has 1 saturated carbocycles. The minimum Gasteiger partial charge on any atom is -0.455 e. The predicted octanol–water partition coefficient (Wildman–Crippen LogP) is 4.29. The Kier molecular flexibility index (Phi) is 4.97. The molecule has 8 nitrogen and oxygen atoms in total. The van der Waals surface area contributed by atoms with Crippen LogP contribution in [0.2, 0.25) is 0 Å². The third-order valence-corrected chi connectivity index (χ3v) is 7.25. The number of carbonyl (C=O) groups excluding carboxylic acids is 2. The fraction of sp³-hybridized carbons (Fsp3) is 0.423. The van der Waals surface area contributed by atoms with E-state index in [-0.39, 0.29) is 18.0 Å². The average molecular weight is 460 g/mol. The Morgan fingerprint density at radius 3 is 2.74 bits per heavy atom. The molecule has 0 radical (unpaired) electrons. The number of ether oxygens (including phenoxy) is 1. The summed E-state index contributed by atoms with van der Waals surface area (Å²) in [6.07, 6.45) is 8.50. The second-order valence-corrected chi connectivity index (χ2v) is 9.66. The Morgan fingerprint density at radius 2 is 2.00 bits per heavy atom. The molecule has 176 valence electrons. The van der Waals surface area contributed by atoms with E-state index in [0.717, 1.165) is 67.5 Å². The van der Waals surface area contributed by atoms with Gasteiger partial charge in [0.15, 0.2) is 5.75 Å². The van der Waals surface area contributed by atoms with Crippen molar-refractivity contribution >= 4 is 23.1 Å². The van der Waals surface area contributed by atoms with Gasteiger partial charge in [-0.3, -0.25) is 9.69 Å². The number of hydrogen-bond donors (Lipinski definition) is 1. The molecule has 4 heterocycles. The Balaban J connectivity index is 1.28. The molecule has 8 heteroatoms. The Morgan fingerprint density at radius 1 is 1.15 bits per heavy atom. The van der Waals surface area contributed by atoms with Gasteiger partial charge in [0.1, 0.15) is 11.3 Å². The number of rotatable bonds is 4. The fourth-order valence-electron chi connectivity index (χ4n) is 4.95. The summed E-state index contributed by atoms with van der Waals surface area (Å²) in [6, 6.07) is 8.34. The monoisotopic (exact) mass is 459 g/mol. The average Bonchev–Trinajstić information content (AvgIpc) is 3.57. The van der Waals surface area contributed by atoms with Crippen molar-refractivity contribution in [3.05, 3.63) is 53.3 Å². The summed E-state index contributed by atoms with van der Waals surface area (Å²) in [5.41, 5.74) is 4.38. The summed E-state index contributed by atoms with van der Waals surface area (Å²) < 4.78 is 8.05. The van der Waals surface area contributed by atoms with Gasteiger partial charge in [0, 0.05) is 43.1 Å². The number of benzene rings is 1. The minimum atomic E-state index is -0.00881. The van der Waals surface area contributed by atoms with Crippen LogP contribution < -0.4 is 15.0 Å². The number of carbonyl (C=O) groups is 2. The van der Waals surface area contributed by atoms with Crippen molar-refractivity contribution < 1.29 is 14.3 Å². The number of aryl methyl sites for hydroxylation is 2. The molecule has 1 saturated heterocycles. The molecule has 3 aliphatic rings.